The highest BCUT2D eigenvalue weighted by Crippen LogP contribution is 2.37. The molecule has 1 heterocycles. The van der Waals surface area contributed by atoms with Crippen molar-refractivity contribution in [2.24, 2.45) is 0 Å². The molecule has 1 aliphatic heterocycles. The van der Waals surface area contributed by atoms with Crippen molar-refractivity contribution in [3.8, 4) is 5.75 Å². The number of nitrogens with zero attached hydrogens (tertiary/aromatic N) is 1. The van der Waals surface area contributed by atoms with E-state index < -0.39 is 0 Å². The minimum absolute atomic E-state index is 0.115. The molecule has 23 heavy (non-hydrogen) atoms. The van der Waals surface area contributed by atoms with Gasteiger partial charge in [-0.05, 0) is 35.9 Å². The second-order valence-corrected chi connectivity index (χ2v) is 7.36. The van der Waals surface area contributed by atoms with Crippen molar-refractivity contribution < 1.29 is 9.53 Å². The third-order valence-electron chi connectivity index (χ3n) is 3.27. The van der Waals surface area contributed by atoms with E-state index in [4.69, 9.17) is 17.0 Å². The number of thioether (sulfide) groups is 1. The van der Waals surface area contributed by atoms with Crippen LogP contribution in [0, 0.1) is 0 Å². The van der Waals surface area contributed by atoms with Gasteiger partial charge in [-0.2, -0.15) is 0 Å². The molecule has 0 N–H and O–H groups in total. The average molecular weight is 406 g/mol. The Hall–Kier alpha value is -1.63. The lowest BCUT2D eigenvalue weighted by molar-refractivity contribution is -0.113. The van der Waals surface area contributed by atoms with Gasteiger partial charge < -0.3 is 4.74 Å². The Bertz CT molecular complexity index is 802. The number of methoxy groups -OCH3 is 1. The second kappa shape index (κ2) is 6.86. The van der Waals surface area contributed by atoms with Crippen molar-refractivity contribution in [2.75, 3.05) is 12.0 Å². The molecular formula is C17H12BrNO2S2. The van der Waals surface area contributed by atoms with Gasteiger partial charge in [0.15, 0.2) is 4.32 Å². The largest absolute Gasteiger partial charge is 0.497 e. The molecule has 6 heteroatoms. The van der Waals surface area contributed by atoms with Crippen molar-refractivity contribution in [1.29, 1.82) is 0 Å². The van der Waals surface area contributed by atoms with Gasteiger partial charge in [0, 0.05) is 10.5 Å². The molecule has 0 atom stereocenters. The third kappa shape index (κ3) is 3.49. The van der Waals surface area contributed by atoms with Gasteiger partial charge in [-0.15, -0.1) is 0 Å². The van der Waals surface area contributed by atoms with Gasteiger partial charge in [-0.1, -0.05) is 58.1 Å². The van der Waals surface area contributed by atoms with Gasteiger partial charge >= 0.3 is 0 Å². The van der Waals surface area contributed by atoms with Crippen molar-refractivity contribution in [3.05, 3.63) is 63.5 Å². The van der Waals surface area contributed by atoms with E-state index in [0.717, 1.165) is 10.0 Å². The first-order valence-electron chi connectivity index (χ1n) is 6.76. The molecule has 2 aromatic rings. The monoisotopic (exact) mass is 405 g/mol. The summed E-state index contributed by atoms with van der Waals surface area (Å²) < 4.78 is 6.73. The lowest BCUT2D eigenvalue weighted by atomic mass is 10.2. The fourth-order valence-electron chi connectivity index (χ4n) is 2.15. The third-order valence-corrected chi connectivity index (χ3v) is 5.10. The maximum Gasteiger partial charge on any atom is 0.270 e. The maximum absolute atomic E-state index is 12.7. The van der Waals surface area contributed by atoms with E-state index in [1.165, 1.54) is 16.7 Å². The van der Waals surface area contributed by atoms with Crippen molar-refractivity contribution >= 4 is 61.9 Å². The van der Waals surface area contributed by atoms with Crippen LogP contribution < -0.4 is 9.64 Å². The van der Waals surface area contributed by atoms with Crippen LogP contribution in [0.1, 0.15) is 5.56 Å². The normalized spacial score (nSPS) is 16.3. The van der Waals surface area contributed by atoms with Gasteiger partial charge in [-0.3, -0.25) is 9.69 Å². The molecule has 116 valence electrons. The highest BCUT2D eigenvalue weighted by Gasteiger charge is 2.33. The number of hydrogen-bond donors (Lipinski definition) is 0. The van der Waals surface area contributed by atoms with Crippen LogP contribution in [0.2, 0.25) is 0 Å². The lowest BCUT2D eigenvalue weighted by Gasteiger charge is -2.15. The summed E-state index contributed by atoms with van der Waals surface area (Å²) in [6.45, 7) is 0. The summed E-state index contributed by atoms with van der Waals surface area (Å²) in [5.41, 5.74) is 1.67. The van der Waals surface area contributed by atoms with E-state index >= 15 is 0 Å². The van der Waals surface area contributed by atoms with Crippen LogP contribution in [0.15, 0.2) is 57.9 Å². The Morgan fingerprint density at radius 2 is 1.96 bits per heavy atom. The first kappa shape index (κ1) is 16.2. The molecule has 0 aliphatic carbocycles. The van der Waals surface area contributed by atoms with E-state index in [2.05, 4.69) is 15.9 Å². The zero-order chi connectivity index (χ0) is 16.4. The SMILES string of the molecule is COc1cccc(N2C(=O)C(=Cc3ccc(Br)cc3)SC2=S)c1. The van der Waals surface area contributed by atoms with Crippen LogP contribution >= 0.6 is 39.9 Å². The molecule has 3 nitrogen and oxygen atoms in total. The molecule has 0 bridgehead atoms. The van der Waals surface area contributed by atoms with Crippen molar-refractivity contribution in [1.82, 2.24) is 0 Å². The number of ether oxygens (including phenoxy) is 1. The Morgan fingerprint density at radius 3 is 2.65 bits per heavy atom. The molecule has 1 fully saturated rings. The molecule has 3 rings (SSSR count). The summed E-state index contributed by atoms with van der Waals surface area (Å²) in [7, 11) is 1.59. The summed E-state index contributed by atoms with van der Waals surface area (Å²) in [6.07, 6.45) is 1.85. The smallest absolute Gasteiger partial charge is 0.270 e. The van der Waals surface area contributed by atoms with Gasteiger partial charge in [0.2, 0.25) is 0 Å². The van der Waals surface area contributed by atoms with Crippen molar-refractivity contribution in [2.45, 2.75) is 0 Å². The highest BCUT2D eigenvalue weighted by atomic mass is 79.9. The first-order chi connectivity index (χ1) is 11.1. The molecule has 1 aliphatic rings. The second-order valence-electron chi connectivity index (χ2n) is 4.77. The van der Waals surface area contributed by atoms with Crippen molar-refractivity contribution in [3.63, 3.8) is 0 Å². The zero-order valence-electron chi connectivity index (χ0n) is 12.2. The van der Waals surface area contributed by atoms with Gasteiger partial charge in [0.05, 0.1) is 17.7 Å². The number of amides is 1. The van der Waals surface area contributed by atoms with Crippen LogP contribution in [0.4, 0.5) is 5.69 Å². The topological polar surface area (TPSA) is 29.5 Å². The van der Waals surface area contributed by atoms with Crippen LogP contribution in [-0.2, 0) is 4.79 Å². The summed E-state index contributed by atoms with van der Waals surface area (Å²) in [6, 6.07) is 15.1. The van der Waals surface area contributed by atoms with E-state index in [1.54, 1.807) is 13.2 Å². The summed E-state index contributed by atoms with van der Waals surface area (Å²) >= 11 is 10.1. The minimum Gasteiger partial charge on any atom is -0.497 e. The summed E-state index contributed by atoms with van der Waals surface area (Å²) in [5, 5.41) is 0. The Balaban J connectivity index is 1.91. The molecule has 2 aromatic carbocycles. The highest BCUT2D eigenvalue weighted by molar-refractivity contribution is 9.10. The average Bonchev–Trinajstić information content (AvgIpc) is 2.83. The van der Waals surface area contributed by atoms with Crippen LogP contribution in [0.3, 0.4) is 0 Å². The molecule has 0 aromatic heterocycles. The van der Waals surface area contributed by atoms with Gasteiger partial charge in [0.25, 0.3) is 5.91 Å². The predicted molar refractivity (Wildman–Crippen MR) is 103 cm³/mol. The molecule has 0 radical (unpaired) electrons. The fraction of sp³-hybridized carbons (Fsp3) is 0.0588. The van der Waals surface area contributed by atoms with Gasteiger partial charge in [0.1, 0.15) is 5.75 Å². The number of thiocarbonyl (C=S) groups is 1. The van der Waals surface area contributed by atoms with Crippen LogP contribution in [0.5, 0.6) is 5.75 Å². The minimum atomic E-state index is -0.115. The van der Waals surface area contributed by atoms with E-state index in [1.807, 2.05) is 48.5 Å². The van der Waals surface area contributed by atoms with Crippen LogP contribution in [0.25, 0.3) is 6.08 Å². The predicted octanol–water partition coefficient (Wildman–Crippen LogP) is 4.86. The zero-order valence-corrected chi connectivity index (χ0v) is 15.4. The van der Waals surface area contributed by atoms with E-state index in [0.29, 0.717) is 20.7 Å². The number of halogens is 1. The van der Waals surface area contributed by atoms with Gasteiger partial charge in [-0.25, -0.2) is 0 Å². The molecular weight excluding hydrogens is 394 g/mol. The number of carbonyl (C=O) groups excluding carboxylic acids is 1. The lowest BCUT2D eigenvalue weighted by Crippen LogP contribution is -2.27. The maximum atomic E-state index is 12.7. The summed E-state index contributed by atoms with van der Waals surface area (Å²) in [5.74, 6) is 0.574. The molecule has 0 spiro atoms. The Kier molecular flexibility index (Phi) is 4.84. The van der Waals surface area contributed by atoms with E-state index in [-0.39, 0.29) is 5.91 Å². The number of rotatable bonds is 3. The molecule has 1 saturated heterocycles. The number of benzene rings is 2. The quantitative estimate of drug-likeness (QED) is 0.538. The number of anilines is 1. The molecule has 0 saturated carbocycles. The molecule has 0 unspecified atom stereocenters. The molecule has 1 amide bonds. The van der Waals surface area contributed by atoms with Crippen LogP contribution in [-0.4, -0.2) is 17.3 Å². The Labute approximate surface area is 152 Å². The number of carbonyl (C=O) groups is 1. The Morgan fingerprint density at radius 1 is 1.22 bits per heavy atom. The standard InChI is InChI=1S/C17H12BrNO2S2/c1-21-14-4-2-3-13(10-14)19-16(20)15(23-17(19)22)9-11-5-7-12(18)8-6-11/h2-10H,1H3. The first-order valence-corrected chi connectivity index (χ1v) is 8.78. The fourth-order valence-corrected chi connectivity index (χ4v) is 3.71. The van der Waals surface area contributed by atoms with E-state index in [9.17, 15) is 4.79 Å². The number of hydrogen-bond acceptors (Lipinski definition) is 4. The summed E-state index contributed by atoms with van der Waals surface area (Å²) in [4.78, 5) is 14.8.